The van der Waals surface area contributed by atoms with Crippen molar-refractivity contribution in [2.24, 2.45) is 0 Å². The van der Waals surface area contributed by atoms with Crippen molar-refractivity contribution in [3.05, 3.63) is 58.6 Å². The van der Waals surface area contributed by atoms with Crippen LogP contribution in [0, 0.1) is 10.1 Å². The number of nitro groups is 1. The quantitative estimate of drug-likeness (QED) is 0.466. The Balaban J connectivity index is 1.17. The van der Waals surface area contributed by atoms with Crippen molar-refractivity contribution in [1.29, 1.82) is 0 Å². The summed E-state index contributed by atoms with van der Waals surface area (Å²) in [5, 5.41) is 14.5. The lowest BCUT2D eigenvalue weighted by molar-refractivity contribution is -0.385. The van der Waals surface area contributed by atoms with Crippen LogP contribution in [0.1, 0.15) is 25.7 Å². The summed E-state index contributed by atoms with van der Waals surface area (Å²) in [6.45, 7) is 3.23. The van der Waals surface area contributed by atoms with E-state index in [1.54, 1.807) is 12.1 Å². The molecule has 34 heavy (non-hydrogen) atoms. The van der Waals surface area contributed by atoms with Gasteiger partial charge < -0.3 is 24.6 Å². The molecule has 1 aliphatic heterocycles. The van der Waals surface area contributed by atoms with Gasteiger partial charge in [0, 0.05) is 55.7 Å². The molecule has 1 N–H and O–H groups in total. The number of amides is 1. The number of nitrogens with one attached hydrogen (secondary N) is 1. The van der Waals surface area contributed by atoms with Gasteiger partial charge in [-0.2, -0.15) is 0 Å². The van der Waals surface area contributed by atoms with Crippen LogP contribution >= 0.6 is 0 Å². The molecule has 9 nitrogen and oxygen atoms in total. The van der Waals surface area contributed by atoms with Crippen molar-refractivity contribution < 1.29 is 19.2 Å². The molecule has 0 unspecified atom stereocenters. The monoisotopic (exact) mass is 468 g/mol. The second-order valence-corrected chi connectivity index (χ2v) is 8.78. The van der Waals surface area contributed by atoms with E-state index < -0.39 is 4.92 Å². The van der Waals surface area contributed by atoms with Gasteiger partial charge in [0.1, 0.15) is 6.61 Å². The lowest BCUT2D eigenvalue weighted by atomic mass is 9.92. The number of nitrogens with zero attached hydrogens (tertiary/aromatic N) is 3. The van der Waals surface area contributed by atoms with E-state index in [4.69, 9.17) is 9.47 Å². The normalized spacial score (nSPS) is 20.6. The van der Waals surface area contributed by atoms with Gasteiger partial charge in [0.15, 0.2) is 5.75 Å². The molecule has 1 amide bonds. The number of nitro benzene ring substituents is 1. The fourth-order valence-electron chi connectivity index (χ4n) is 4.66. The molecule has 1 saturated carbocycles. The van der Waals surface area contributed by atoms with Crippen molar-refractivity contribution in [3.8, 4) is 5.75 Å². The Hall–Kier alpha value is -3.33. The maximum Gasteiger partial charge on any atom is 0.311 e. The summed E-state index contributed by atoms with van der Waals surface area (Å²) in [5.74, 6) is 0.307. The molecule has 1 heterocycles. The van der Waals surface area contributed by atoms with E-state index in [1.807, 2.05) is 23.1 Å². The van der Waals surface area contributed by atoms with Gasteiger partial charge in [-0.1, -0.05) is 18.2 Å². The lowest BCUT2D eigenvalue weighted by Gasteiger charge is -2.36. The highest BCUT2D eigenvalue weighted by atomic mass is 16.6. The fraction of sp³-hybridized carbons (Fsp3) is 0.480. The predicted molar refractivity (Wildman–Crippen MR) is 131 cm³/mol. The Bertz CT molecular complexity index is 971. The first kappa shape index (κ1) is 23.8. The molecule has 2 aromatic carbocycles. The average Bonchev–Trinajstić information content (AvgIpc) is 2.88. The van der Waals surface area contributed by atoms with Crippen LogP contribution in [0.15, 0.2) is 48.5 Å². The first-order valence-electron chi connectivity index (χ1n) is 11.8. The molecule has 1 aliphatic carbocycles. The number of carbonyl (C=O) groups is 1. The standard InChI is InChI=1S/C25H32N4O5/c1-33-24-17-20(9-12-23(24)29(31)32)26-19-7-10-22(11-8-19)34-18-25(30)28-15-13-27(14-16-28)21-5-3-2-4-6-21/h2-6,9,12,17,19,22,26H,7-8,10-11,13-16,18H2,1H3/t19-,22-. The van der Waals surface area contributed by atoms with Crippen molar-refractivity contribution >= 4 is 23.0 Å². The van der Waals surface area contributed by atoms with Crippen molar-refractivity contribution in [2.45, 2.75) is 37.8 Å². The molecular formula is C25H32N4O5. The van der Waals surface area contributed by atoms with E-state index in [0.29, 0.717) is 13.1 Å². The number of hydrogen-bond acceptors (Lipinski definition) is 7. The Labute approximate surface area is 199 Å². The molecule has 4 rings (SSSR count). The molecule has 2 aliphatic rings. The second kappa shape index (κ2) is 11.2. The smallest absolute Gasteiger partial charge is 0.311 e. The number of ether oxygens (including phenoxy) is 2. The van der Waals surface area contributed by atoms with Crippen LogP contribution in [0.4, 0.5) is 17.1 Å². The summed E-state index contributed by atoms with van der Waals surface area (Å²) >= 11 is 0. The van der Waals surface area contributed by atoms with Crippen molar-refractivity contribution in [2.75, 3.05) is 50.1 Å². The second-order valence-electron chi connectivity index (χ2n) is 8.78. The molecule has 1 saturated heterocycles. The van der Waals surface area contributed by atoms with Crippen LogP contribution in [0.3, 0.4) is 0 Å². The minimum atomic E-state index is -0.449. The fourth-order valence-corrected chi connectivity index (χ4v) is 4.66. The highest BCUT2D eigenvalue weighted by Gasteiger charge is 2.25. The lowest BCUT2D eigenvalue weighted by Crippen LogP contribution is -2.50. The van der Waals surface area contributed by atoms with Crippen molar-refractivity contribution in [3.63, 3.8) is 0 Å². The Morgan fingerprint density at radius 2 is 1.76 bits per heavy atom. The zero-order valence-electron chi connectivity index (χ0n) is 19.5. The van der Waals surface area contributed by atoms with Gasteiger partial charge in [-0.05, 0) is 43.9 Å². The topological polar surface area (TPSA) is 97.2 Å². The van der Waals surface area contributed by atoms with Crippen LogP contribution < -0.4 is 15.0 Å². The van der Waals surface area contributed by atoms with Gasteiger partial charge in [-0.25, -0.2) is 0 Å². The molecule has 0 aromatic heterocycles. The number of benzene rings is 2. The predicted octanol–water partition coefficient (Wildman–Crippen LogP) is 3.69. The molecule has 9 heteroatoms. The third-order valence-corrected chi connectivity index (χ3v) is 6.62. The molecule has 182 valence electrons. The third kappa shape index (κ3) is 5.96. The summed E-state index contributed by atoms with van der Waals surface area (Å²) in [7, 11) is 1.43. The molecule has 0 bridgehead atoms. The van der Waals surface area contributed by atoms with E-state index in [0.717, 1.165) is 44.5 Å². The summed E-state index contributed by atoms with van der Waals surface area (Å²) < 4.78 is 11.1. The molecule has 2 aromatic rings. The van der Waals surface area contributed by atoms with Gasteiger partial charge in [0.25, 0.3) is 0 Å². The van der Waals surface area contributed by atoms with Gasteiger partial charge in [0.05, 0.1) is 18.1 Å². The molecule has 0 radical (unpaired) electrons. The third-order valence-electron chi connectivity index (χ3n) is 6.62. The van der Waals surface area contributed by atoms with E-state index in [1.165, 1.54) is 18.9 Å². The zero-order valence-corrected chi connectivity index (χ0v) is 19.5. The van der Waals surface area contributed by atoms with E-state index in [9.17, 15) is 14.9 Å². The Morgan fingerprint density at radius 1 is 1.06 bits per heavy atom. The molecule has 2 fully saturated rings. The maximum atomic E-state index is 12.6. The van der Waals surface area contributed by atoms with Gasteiger partial charge in [-0.3, -0.25) is 14.9 Å². The minimum absolute atomic E-state index is 0.0451. The SMILES string of the molecule is COc1cc(N[C@H]2CC[C@H](OCC(=O)N3CCN(c4ccccc4)CC3)CC2)ccc1[N+](=O)[O-]. The summed E-state index contributed by atoms with van der Waals surface area (Å²) in [5.41, 5.74) is 1.95. The highest BCUT2D eigenvalue weighted by molar-refractivity contribution is 5.77. The first-order valence-corrected chi connectivity index (χ1v) is 11.8. The van der Waals surface area contributed by atoms with E-state index >= 15 is 0 Å². The molecule has 0 atom stereocenters. The summed E-state index contributed by atoms with van der Waals surface area (Å²) in [4.78, 5) is 27.5. The molecular weight excluding hydrogens is 436 g/mol. The number of hydrogen-bond donors (Lipinski definition) is 1. The zero-order chi connectivity index (χ0) is 23.9. The number of para-hydroxylation sites is 1. The number of rotatable bonds is 8. The summed E-state index contributed by atoms with van der Waals surface area (Å²) in [6.07, 6.45) is 3.65. The van der Waals surface area contributed by atoms with Gasteiger partial charge in [0.2, 0.25) is 5.91 Å². The summed E-state index contributed by atoms with van der Waals surface area (Å²) in [6, 6.07) is 15.4. The van der Waals surface area contributed by atoms with E-state index in [2.05, 4.69) is 22.3 Å². The van der Waals surface area contributed by atoms with Crippen LogP contribution in [-0.4, -0.2) is 67.8 Å². The van der Waals surface area contributed by atoms with Crippen LogP contribution in [0.2, 0.25) is 0 Å². The first-order chi connectivity index (χ1) is 16.5. The number of piperazine rings is 1. The van der Waals surface area contributed by atoms with Gasteiger partial charge >= 0.3 is 5.69 Å². The van der Waals surface area contributed by atoms with Gasteiger partial charge in [-0.15, -0.1) is 0 Å². The van der Waals surface area contributed by atoms with Crippen molar-refractivity contribution in [1.82, 2.24) is 4.90 Å². The van der Waals surface area contributed by atoms with E-state index in [-0.39, 0.29) is 36.1 Å². The number of anilines is 2. The highest BCUT2D eigenvalue weighted by Crippen LogP contribution is 2.31. The minimum Gasteiger partial charge on any atom is -0.490 e. The molecule has 0 spiro atoms. The Kier molecular flexibility index (Phi) is 7.84. The van der Waals surface area contributed by atoms with Crippen LogP contribution in [0.5, 0.6) is 5.75 Å². The maximum absolute atomic E-state index is 12.6. The largest absolute Gasteiger partial charge is 0.490 e. The number of carbonyl (C=O) groups excluding carboxylic acids is 1. The average molecular weight is 469 g/mol. The van der Waals surface area contributed by atoms with Crippen LogP contribution in [0.25, 0.3) is 0 Å². The number of methoxy groups -OCH3 is 1. The Morgan fingerprint density at radius 3 is 2.41 bits per heavy atom. The van der Waals surface area contributed by atoms with Crippen LogP contribution in [-0.2, 0) is 9.53 Å².